The van der Waals surface area contributed by atoms with Gasteiger partial charge in [-0.3, -0.25) is 4.79 Å². The molecule has 0 saturated carbocycles. The van der Waals surface area contributed by atoms with Gasteiger partial charge in [-0.15, -0.1) is 0 Å². The van der Waals surface area contributed by atoms with Crippen LogP contribution in [0.5, 0.6) is 0 Å². The van der Waals surface area contributed by atoms with E-state index in [1.165, 1.54) is 0 Å². The van der Waals surface area contributed by atoms with Gasteiger partial charge in [-0.1, -0.05) is 0 Å². The molecule has 106 valence electrons. The van der Waals surface area contributed by atoms with E-state index in [0.29, 0.717) is 6.54 Å². The molecule has 1 saturated heterocycles. The Kier molecular flexibility index (Phi) is 7.12. The molecule has 1 amide bonds. The van der Waals surface area contributed by atoms with E-state index in [0.717, 1.165) is 25.9 Å². The van der Waals surface area contributed by atoms with Crippen molar-refractivity contribution in [2.24, 2.45) is 0 Å². The first-order chi connectivity index (χ1) is 8.65. The Morgan fingerprint density at radius 1 is 1.44 bits per heavy atom. The van der Waals surface area contributed by atoms with Crippen molar-refractivity contribution >= 4 is 5.91 Å². The zero-order valence-electron chi connectivity index (χ0n) is 10.8. The third kappa shape index (κ3) is 5.27. The molecule has 0 spiro atoms. The van der Waals surface area contributed by atoms with Crippen molar-refractivity contribution in [3.63, 3.8) is 0 Å². The number of nitrogens with zero attached hydrogens (tertiary/aromatic N) is 1. The largest absolute Gasteiger partial charge is 0.375 e. The fraction of sp³-hybridized carbons (Fsp3) is 0.917. The van der Waals surface area contributed by atoms with Gasteiger partial charge in [-0.25, -0.2) is 8.78 Å². The highest BCUT2D eigenvalue weighted by molar-refractivity contribution is 5.76. The van der Waals surface area contributed by atoms with E-state index < -0.39 is 13.0 Å². The molecule has 4 nitrogen and oxygen atoms in total. The highest BCUT2D eigenvalue weighted by Crippen LogP contribution is 2.13. The summed E-state index contributed by atoms with van der Waals surface area (Å²) < 4.78 is 28.4. The highest BCUT2D eigenvalue weighted by atomic mass is 19.3. The second kappa shape index (κ2) is 8.37. The summed E-state index contributed by atoms with van der Waals surface area (Å²) in [7, 11) is 0. The standard InChI is InChI=1S/C12H22F2N2O2/c1-2-16(10-3-6-15-7-4-10)12(17)5-8-18-9-11(13)14/h10-11,15H,2-9H2,1H3. The van der Waals surface area contributed by atoms with Gasteiger partial charge >= 0.3 is 0 Å². The average Bonchev–Trinajstić information content (AvgIpc) is 2.36. The molecule has 1 N–H and O–H groups in total. The maximum Gasteiger partial charge on any atom is 0.261 e. The van der Waals surface area contributed by atoms with Crippen LogP contribution in [0.4, 0.5) is 8.78 Å². The molecule has 0 radical (unpaired) electrons. The smallest absolute Gasteiger partial charge is 0.261 e. The molecule has 1 rings (SSSR count). The number of hydrogen-bond donors (Lipinski definition) is 1. The first-order valence-corrected chi connectivity index (χ1v) is 6.51. The minimum atomic E-state index is -2.47. The van der Waals surface area contributed by atoms with Crippen molar-refractivity contribution in [3.8, 4) is 0 Å². The van der Waals surface area contributed by atoms with Gasteiger partial charge in [0.25, 0.3) is 6.43 Å². The van der Waals surface area contributed by atoms with E-state index in [2.05, 4.69) is 5.32 Å². The zero-order valence-corrected chi connectivity index (χ0v) is 10.8. The van der Waals surface area contributed by atoms with E-state index in [1.54, 1.807) is 0 Å². The summed E-state index contributed by atoms with van der Waals surface area (Å²) in [5.74, 6) is -0.00123. The lowest BCUT2D eigenvalue weighted by Crippen LogP contribution is -2.46. The molecular weight excluding hydrogens is 242 g/mol. The molecule has 1 fully saturated rings. The molecule has 0 aromatic carbocycles. The number of nitrogens with one attached hydrogen (secondary N) is 1. The molecule has 0 aromatic rings. The number of ether oxygens (including phenoxy) is 1. The molecule has 1 heterocycles. The molecule has 0 bridgehead atoms. The van der Waals surface area contributed by atoms with Gasteiger partial charge in [0, 0.05) is 12.6 Å². The van der Waals surface area contributed by atoms with Crippen LogP contribution < -0.4 is 5.32 Å². The van der Waals surface area contributed by atoms with Crippen LogP contribution in [0.3, 0.4) is 0 Å². The first-order valence-electron chi connectivity index (χ1n) is 6.51. The number of hydrogen-bond acceptors (Lipinski definition) is 3. The van der Waals surface area contributed by atoms with Crippen molar-refractivity contribution in [3.05, 3.63) is 0 Å². The number of halogens is 2. The Hall–Kier alpha value is -0.750. The Morgan fingerprint density at radius 3 is 2.67 bits per heavy atom. The number of piperidine rings is 1. The van der Waals surface area contributed by atoms with Gasteiger partial charge < -0.3 is 15.0 Å². The molecule has 0 aromatic heterocycles. The lowest BCUT2D eigenvalue weighted by Gasteiger charge is -2.34. The molecule has 6 heteroatoms. The SMILES string of the molecule is CCN(C(=O)CCOCC(F)F)C1CCNCC1. The topological polar surface area (TPSA) is 41.6 Å². The summed E-state index contributed by atoms with van der Waals surface area (Å²) >= 11 is 0. The molecular formula is C12H22F2N2O2. The highest BCUT2D eigenvalue weighted by Gasteiger charge is 2.23. The van der Waals surface area contributed by atoms with Gasteiger partial charge in [-0.2, -0.15) is 0 Å². The molecule has 0 atom stereocenters. The summed E-state index contributed by atoms with van der Waals surface area (Å²) in [6.45, 7) is 3.95. The van der Waals surface area contributed by atoms with Gasteiger partial charge in [0.1, 0.15) is 6.61 Å². The Morgan fingerprint density at radius 2 is 2.11 bits per heavy atom. The summed E-state index contributed by atoms with van der Waals surface area (Å²) in [4.78, 5) is 13.8. The van der Waals surface area contributed by atoms with Crippen molar-refractivity contribution in [2.45, 2.75) is 38.7 Å². The van der Waals surface area contributed by atoms with E-state index in [9.17, 15) is 13.6 Å². The van der Waals surface area contributed by atoms with E-state index in [4.69, 9.17) is 4.74 Å². The first kappa shape index (κ1) is 15.3. The summed E-state index contributed by atoms with van der Waals surface area (Å²) in [6.07, 6.45) is -0.369. The van der Waals surface area contributed by atoms with Gasteiger partial charge in [0.2, 0.25) is 5.91 Å². The van der Waals surface area contributed by atoms with Crippen LogP contribution in [0.25, 0.3) is 0 Å². The number of carbonyl (C=O) groups excluding carboxylic acids is 1. The molecule has 0 aliphatic carbocycles. The molecule has 1 aliphatic heterocycles. The minimum absolute atomic E-state index is 0.00123. The van der Waals surface area contributed by atoms with Crippen LogP contribution in [0, 0.1) is 0 Å². The zero-order chi connectivity index (χ0) is 13.4. The number of rotatable bonds is 7. The maximum absolute atomic E-state index is 12.0. The Balaban J connectivity index is 2.27. The van der Waals surface area contributed by atoms with E-state index in [-0.39, 0.29) is 25.0 Å². The van der Waals surface area contributed by atoms with Crippen LogP contribution in [0.2, 0.25) is 0 Å². The van der Waals surface area contributed by atoms with Crippen LogP contribution in [-0.2, 0) is 9.53 Å². The van der Waals surface area contributed by atoms with E-state index in [1.807, 2.05) is 11.8 Å². The van der Waals surface area contributed by atoms with Crippen LogP contribution in [0.15, 0.2) is 0 Å². The number of amides is 1. The molecule has 1 aliphatic rings. The maximum atomic E-state index is 12.0. The fourth-order valence-corrected chi connectivity index (χ4v) is 2.23. The van der Waals surface area contributed by atoms with Crippen molar-refractivity contribution in [2.75, 3.05) is 32.8 Å². The van der Waals surface area contributed by atoms with E-state index >= 15 is 0 Å². The second-order valence-corrected chi connectivity index (χ2v) is 4.38. The van der Waals surface area contributed by atoms with Gasteiger partial charge in [0.15, 0.2) is 0 Å². The normalized spacial score (nSPS) is 17.1. The van der Waals surface area contributed by atoms with Crippen LogP contribution in [-0.4, -0.2) is 56.1 Å². The predicted octanol–water partition coefficient (Wildman–Crippen LogP) is 1.26. The average molecular weight is 264 g/mol. The third-order valence-electron chi connectivity index (χ3n) is 3.11. The second-order valence-electron chi connectivity index (χ2n) is 4.38. The number of alkyl halides is 2. The summed E-state index contributed by atoms with van der Waals surface area (Å²) in [5.41, 5.74) is 0. The predicted molar refractivity (Wildman–Crippen MR) is 64.7 cm³/mol. The molecule has 18 heavy (non-hydrogen) atoms. The quantitative estimate of drug-likeness (QED) is 0.704. The Bertz CT molecular complexity index is 246. The monoisotopic (exact) mass is 264 g/mol. The van der Waals surface area contributed by atoms with Crippen LogP contribution >= 0.6 is 0 Å². The number of carbonyl (C=O) groups is 1. The Labute approximate surface area is 107 Å². The van der Waals surface area contributed by atoms with Crippen molar-refractivity contribution < 1.29 is 18.3 Å². The van der Waals surface area contributed by atoms with Gasteiger partial charge in [-0.05, 0) is 32.9 Å². The van der Waals surface area contributed by atoms with Gasteiger partial charge in [0.05, 0.1) is 13.0 Å². The lowest BCUT2D eigenvalue weighted by atomic mass is 10.0. The van der Waals surface area contributed by atoms with Crippen molar-refractivity contribution in [1.82, 2.24) is 10.2 Å². The lowest BCUT2D eigenvalue weighted by molar-refractivity contribution is -0.135. The van der Waals surface area contributed by atoms with Crippen molar-refractivity contribution in [1.29, 1.82) is 0 Å². The summed E-state index contributed by atoms with van der Waals surface area (Å²) in [5, 5.41) is 3.25. The third-order valence-corrected chi connectivity index (χ3v) is 3.11. The van der Waals surface area contributed by atoms with Crippen LogP contribution in [0.1, 0.15) is 26.2 Å². The summed E-state index contributed by atoms with van der Waals surface area (Å²) in [6, 6.07) is 0.277. The fourth-order valence-electron chi connectivity index (χ4n) is 2.23. The molecule has 0 unspecified atom stereocenters. The minimum Gasteiger partial charge on any atom is -0.375 e.